The predicted octanol–water partition coefficient (Wildman–Crippen LogP) is 0.963. The van der Waals surface area contributed by atoms with Gasteiger partial charge in [0.1, 0.15) is 6.04 Å². The van der Waals surface area contributed by atoms with E-state index in [4.69, 9.17) is 5.11 Å². The van der Waals surface area contributed by atoms with Crippen LogP contribution in [0.2, 0.25) is 0 Å². The van der Waals surface area contributed by atoms with E-state index in [1.165, 1.54) is 6.92 Å². The van der Waals surface area contributed by atoms with Crippen LogP contribution in [0.3, 0.4) is 0 Å². The molecule has 1 rings (SSSR count). The molecule has 0 fully saturated rings. The molecule has 3 N–H and O–H groups in total. The molecule has 0 aliphatic carbocycles. The summed E-state index contributed by atoms with van der Waals surface area (Å²) in [6, 6.07) is 1.84. The number of amides is 1. The molecule has 0 aliphatic heterocycles. The zero-order chi connectivity index (χ0) is 18.5. The maximum Gasteiger partial charge on any atom is 0.416 e. The molecular formula is C13H15F3N2O5S. The van der Waals surface area contributed by atoms with Gasteiger partial charge in [-0.05, 0) is 24.6 Å². The van der Waals surface area contributed by atoms with Crippen molar-refractivity contribution in [2.75, 3.05) is 6.54 Å². The van der Waals surface area contributed by atoms with Gasteiger partial charge in [-0.3, -0.25) is 4.79 Å². The Hall–Kier alpha value is -2.14. The third kappa shape index (κ3) is 5.49. The highest BCUT2D eigenvalue weighted by Gasteiger charge is 2.31. The maximum absolute atomic E-state index is 12.6. The largest absolute Gasteiger partial charge is 0.480 e. The summed E-state index contributed by atoms with van der Waals surface area (Å²) in [7, 11) is -4.36. The number of benzene rings is 1. The van der Waals surface area contributed by atoms with Crippen molar-refractivity contribution in [3.63, 3.8) is 0 Å². The van der Waals surface area contributed by atoms with Gasteiger partial charge in [-0.1, -0.05) is 13.0 Å². The van der Waals surface area contributed by atoms with Crippen molar-refractivity contribution in [2.45, 2.75) is 30.5 Å². The minimum atomic E-state index is -4.71. The Balaban J connectivity index is 2.81. The topological polar surface area (TPSA) is 113 Å². The first-order valence-corrected chi connectivity index (χ1v) is 8.14. The number of carboxylic acid groups (broad SMARTS) is 1. The van der Waals surface area contributed by atoms with Gasteiger partial charge in [0, 0.05) is 0 Å². The number of hydrogen-bond acceptors (Lipinski definition) is 4. The minimum Gasteiger partial charge on any atom is -0.480 e. The highest BCUT2D eigenvalue weighted by Crippen LogP contribution is 2.30. The van der Waals surface area contributed by atoms with Crippen LogP contribution in [-0.4, -0.2) is 38.0 Å². The van der Waals surface area contributed by atoms with E-state index in [0.717, 1.165) is 12.1 Å². The van der Waals surface area contributed by atoms with E-state index >= 15 is 0 Å². The van der Waals surface area contributed by atoms with Crippen molar-refractivity contribution in [1.82, 2.24) is 10.0 Å². The SMILES string of the molecule is CCC(NC(=O)CNS(=O)(=O)c1cccc(C(F)(F)F)c1)C(=O)O. The highest BCUT2D eigenvalue weighted by atomic mass is 32.2. The summed E-state index contributed by atoms with van der Waals surface area (Å²) in [5.41, 5.74) is -1.15. The van der Waals surface area contributed by atoms with E-state index in [1.807, 2.05) is 4.72 Å². The zero-order valence-electron chi connectivity index (χ0n) is 12.4. The van der Waals surface area contributed by atoms with Gasteiger partial charge in [0.25, 0.3) is 0 Å². The zero-order valence-corrected chi connectivity index (χ0v) is 13.2. The first-order valence-electron chi connectivity index (χ1n) is 6.66. The number of carbonyl (C=O) groups excluding carboxylic acids is 1. The summed E-state index contributed by atoms with van der Waals surface area (Å²) in [6.45, 7) is 0.703. The van der Waals surface area contributed by atoms with Crippen LogP contribution in [0.5, 0.6) is 0 Å². The van der Waals surface area contributed by atoms with Crippen molar-refractivity contribution in [2.24, 2.45) is 0 Å². The normalized spacial score (nSPS) is 13.3. The highest BCUT2D eigenvalue weighted by molar-refractivity contribution is 7.89. The molecule has 0 aromatic heterocycles. The van der Waals surface area contributed by atoms with Crippen molar-refractivity contribution in [1.29, 1.82) is 0 Å². The number of nitrogens with one attached hydrogen (secondary N) is 2. The Morgan fingerprint density at radius 1 is 1.29 bits per heavy atom. The average Bonchev–Trinajstić information content (AvgIpc) is 2.49. The number of rotatable bonds is 7. The molecule has 1 amide bonds. The number of carbonyl (C=O) groups is 2. The molecule has 1 aromatic carbocycles. The fraction of sp³-hybridized carbons (Fsp3) is 0.385. The molecule has 0 heterocycles. The quantitative estimate of drug-likeness (QED) is 0.664. The van der Waals surface area contributed by atoms with E-state index in [0.29, 0.717) is 12.1 Å². The molecule has 7 nitrogen and oxygen atoms in total. The number of alkyl halides is 3. The van der Waals surface area contributed by atoms with E-state index in [1.54, 1.807) is 0 Å². The Bertz CT molecular complexity index is 719. The van der Waals surface area contributed by atoms with Gasteiger partial charge >= 0.3 is 12.1 Å². The summed E-state index contributed by atoms with van der Waals surface area (Å²) >= 11 is 0. The fourth-order valence-electron chi connectivity index (χ4n) is 1.67. The lowest BCUT2D eigenvalue weighted by molar-refractivity contribution is -0.141. The summed E-state index contributed by atoms with van der Waals surface area (Å²) in [6.07, 6.45) is -4.62. The third-order valence-electron chi connectivity index (χ3n) is 2.94. The molecule has 0 saturated heterocycles. The number of hydrogen-bond donors (Lipinski definition) is 3. The molecule has 0 aliphatic rings. The molecule has 11 heteroatoms. The molecule has 0 spiro atoms. The average molecular weight is 368 g/mol. The minimum absolute atomic E-state index is 0.0848. The molecule has 134 valence electrons. The lowest BCUT2D eigenvalue weighted by Gasteiger charge is -2.13. The first-order chi connectivity index (χ1) is 11.0. The standard InChI is InChI=1S/C13H15F3N2O5S/c1-2-10(12(20)21)18-11(19)7-17-24(22,23)9-5-3-4-8(6-9)13(14,15)16/h3-6,10,17H,2,7H2,1H3,(H,18,19)(H,20,21). The van der Waals surface area contributed by atoms with E-state index in [-0.39, 0.29) is 6.42 Å². The van der Waals surface area contributed by atoms with Crippen LogP contribution in [0.25, 0.3) is 0 Å². The van der Waals surface area contributed by atoms with Crippen LogP contribution in [0.1, 0.15) is 18.9 Å². The lowest BCUT2D eigenvalue weighted by atomic mass is 10.2. The second-order valence-electron chi connectivity index (χ2n) is 4.72. The molecule has 0 saturated carbocycles. The Kier molecular flexibility index (Phi) is 6.32. The van der Waals surface area contributed by atoms with Gasteiger partial charge in [-0.25, -0.2) is 17.9 Å². The van der Waals surface area contributed by atoms with Gasteiger partial charge in [0.05, 0.1) is 17.0 Å². The first kappa shape index (κ1) is 19.9. The number of carboxylic acids is 1. The third-order valence-corrected chi connectivity index (χ3v) is 4.33. The predicted molar refractivity (Wildman–Crippen MR) is 76.5 cm³/mol. The van der Waals surface area contributed by atoms with E-state index < -0.39 is 51.1 Å². The Morgan fingerprint density at radius 3 is 2.42 bits per heavy atom. The molecule has 1 atom stereocenters. The summed E-state index contributed by atoms with van der Waals surface area (Å²) < 4.78 is 63.5. The van der Waals surface area contributed by atoms with Crippen LogP contribution in [0, 0.1) is 0 Å². The van der Waals surface area contributed by atoms with Gasteiger partial charge in [0.2, 0.25) is 15.9 Å². The monoisotopic (exact) mass is 368 g/mol. The second kappa shape index (κ2) is 7.62. The second-order valence-corrected chi connectivity index (χ2v) is 6.48. The van der Waals surface area contributed by atoms with Gasteiger partial charge in [-0.2, -0.15) is 13.2 Å². The molecule has 0 radical (unpaired) electrons. The molecular weight excluding hydrogens is 353 g/mol. The Morgan fingerprint density at radius 2 is 1.92 bits per heavy atom. The van der Waals surface area contributed by atoms with Crippen LogP contribution in [0.15, 0.2) is 29.2 Å². The molecule has 1 aromatic rings. The summed E-state index contributed by atoms with van der Waals surface area (Å²) in [5, 5.41) is 10.9. The van der Waals surface area contributed by atoms with Crippen LogP contribution >= 0.6 is 0 Å². The van der Waals surface area contributed by atoms with Gasteiger partial charge < -0.3 is 10.4 Å². The molecule has 24 heavy (non-hydrogen) atoms. The summed E-state index contributed by atoms with van der Waals surface area (Å²) in [4.78, 5) is 21.6. The molecule has 1 unspecified atom stereocenters. The fourth-order valence-corrected chi connectivity index (χ4v) is 2.69. The van der Waals surface area contributed by atoms with Crippen molar-refractivity contribution in [3.05, 3.63) is 29.8 Å². The Labute approximate surface area is 135 Å². The van der Waals surface area contributed by atoms with Gasteiger partial charge in [0.15, 0.2) is 0 Å². The van der Waals surface area contributed by atoms with Gasteiger partial charge in [-0.15, -0.1) is 0 Å². The smallest absolute Gasteiger partial charge is 0.416 e. The van der Waals surface area contributed by atoms with Crippen molar-refractivity contribution >= 4 is 21.9 Å². The summed E-state index contributed by atoms with van der Waals surface area (Å²) in [5.74, 6) is -2.20. The van der Waals surface area contributed by atoms with E-state index in [9.17, 15) is 31.2 Å². The van der Waals surface area contributed by atoms with Crippen LogP contribution in [-0.2, 0) is 25.8 Å². The lowest BCUT2D eigenvalue weighted by Crippen LogP contribution is -2.45. The number of aliphatic carboxylic acids is 1. The number of halogens is 3. The van der Waals surface area contributed by atoms with E-state index in [2.05, 4.69) is 5.32 Å². The van der Waals surface area contributed by atoms with Crippen molar-refractivity contribution < 1.29 is 36.3 Å². The van der Waals surface area contributed by atoms with Crippen LogP contribution in [0.4, 0.5) is 13.2 Å². The van der Waals surface area contributed by atoms with Crippen LogP contribution < -0.4 is 10.0 Å². The maximum atomic E-state index is 12.6. The number of sulfonamides is 1. The van der Waals surface area contributed by atoms with Crippen molar-refractivity contribution in [3.8, 4) is 0 Å². The molecule has 0 bridgehead atoms.